The van der Waals surface area contributed by atoms with E-state index in [-0.39, 0.29) is 18.3 Å². The zero-order valence-electron chi connectivity index (χ0n) is 9.47. The van der Waals surface area contributed by atoms with E-state index in [9.17, 15) is 5.11 Å². The average Bonchev–Trinajstić information content (AvgIpc) is 2.48. The largest absolute Gasteiger partial charge is 0.385 e. The molecular weight excluding hydrogens is 200 g/mol. The molecule has 0 aliphatic carbocycles. The van der Waals surface area contributed by atoms with E-state index >= 15 is 0 Å². The van der Waals surface area contributed by atoms with Crippen LogP contribution in [0.1, 0.15) is 20.8 Å². The highest BCUT2D eigenvalue weighted by Gasteiger charge is 2.53. The Bertz CT molecular complexity index is 242. The molecule has 0 bridgehead atoms. The third-order valence-electron chi connectivity index (χ3n) is 2.82. The fourth-order valence-corrected chi connectivity index (χ4v) is 2.16. The van der Waals surface area contributed by atoms with Gasteiger partial charge in [0, 0.05) is 7.11 Å². The molecule has 2 saturated heterocycles. The van der Waals surface area contributed by atoms with Crippen LogP contribution in [-0.4, -0.2) is 48.7 Å². The van der Waals surface area contributed by atoms with Crippen LogP contribution in [0, 0.1) is 0 Å². The minimum absolute atomic E-state index is 0.148. The third-order valence-corrected chi connectivity index (χ3v) is 2.82. The van der Waals surface area contributed by atoms with E-state index in [1.807, 2.05) is 20.8 Å². The lowest BCUT2D eigenvalue weighted by molar-refractivity contribution is -0.265. The van der Waals surface area contributed by atoms with Crippen LogP contribution in [0.3, 0.4) is 0 Å². The molecule has 2 aliphatic rings. The molecule has 2 fully saturated rings. The predicted molar refractivity (Wildman–Crippen MR) is 51.2 cm³/mol. The van der Waals surface area contributed by atoms with Crippen LogP contribution in [0.5, 0.6) is 0 Å². The standard InChI is InChI=1S/C10H18O5/c1-5-7-8(15-10(2,3)14-7)6(11)9(12-4)13-5/h5-9,11H,1-4H3/t5-,6-,7-,8+,9+/m1/s1. The van der Waals surface area contributed by atoms with Crippen LogP contribution in [-0.2, 0) is 18.9 Å². The summed E-state index contributed by atoms with van der Waals surface area (Å²) >= 11 is 0. The number of methoxy groups -OCH3 is 1. The molecule has 5 nitrogen and oxygen atoms in total. The number of hydrogen-bond donors (Lipinski definition) is 1. The van der Waals surface area contributed by atoms with Gasteiger partial charge < -0.3 is 24.1 Å². The molecule has 0 aromatic heterocycles. The maximum absolute atomic E-state index is 9.93. The van der Waals surface area contributed by atoms with Crippen molar-refractivity contribution in [3.05, 3.63) is 0 Å². The van der Waals surface area contributed by atoms with Crippen molar-refractivity contribution in [1.82, 2.24) is 0 Å². The lowest BCUT2D eigenvalue weighted by atomic mass is 10.0. The van der Waals surface area contributed by atoms with Gasteiger partial charge in [0.25, 0.3) is 0 Å². The molecule has 0 amide bonds. The summed E-state index contributed by atoms with van der Waals surface area (Å²) in [6.07, 6.45) is -2.21. The Labute approximate surface area is 89.3 Å². The minimum atomic E-state index is -0.807. The normalized spacial score (nSPS) is 49.0. The van der Waals surface area contributed by atoms with E-state index in [0.29, 0.717) is 0 Å². The molecule has 0 aromatic rings. The third kappa shape index (κ3) is 1.90. The van der Waals surface area contributed by atoms with Crippen LogP contribution >= 0.6 is 0 Å². The van der Waals surface area contributed by atoms with Crippen molar-refractivity contribution in [1.29, 1.82) is 0 Å². The van der Waals surface area contributed by atoms with Gasteiger partial charge in [-0.25, -0.2) is 0 Å². The molecule has 2 rings (SSSR count). The molecule has 2 aliphatic heterocycles. The van der Waals surface area contributed by atoms with E-state index in [4.69, 9.17) is 18.9 Å². The first-order valence-electron chi connectivity index (χ1n) is 5.16. The molecule has 15 heavy (non-hydrogen) atoms. The first-order valence-corrected chi connectivity index (χ1v) is 5.16. The lowest BCUT2D eigenvalue weighted by Crippen LogP contribution is -2.55. The van der Waals surface area contributed by atoms with Gasteiger partial charge in [-0.15, -0.1) is 0 Å². The Kier molecular flexibility index (Phi) is 2.77. The minimum Gasteiger partial charge on any atom is -0.385 e. The van der Waals surface area contributed by atoms with Gasteiger partial charge in [-0.1, -0.05) is 0 Å². The summed E-state index contributed by atoms with van der Waals surface area (Å²) in [7, 11) is 1.50. The van der Waals surface area contributed by atoms with Gasteiger partial charge in [0.2, 0.25) is 0 Å². The summed E-state index contributed by atoms with van der Waals surface area (Å²) in [5, 5.41) is 9.93. The van der Waals surface area contributed by atoms with Crippen LogP contribution in [0.2, 0.25) is 0 Å². The van der Waals surface area contributed by atoms with Gasteiger partial charge in [-0.3, -0.25) is 0 Å². The molecule has 88 valence electrons. The molecule has 5 heteroatoms. The number of rotatable bonds is 1. The molecule has 0 spiro atoms. The first-order chi connectivity index (χ1) is 6.94. The first kappa shape index (κ1) is 11.3. The topological polar surface area (TPSA) is 57.2 Å². The highest BCUT2D eigenvalue weighted by Crippen LogP contribution is 2.37. The average molecular weight is 218 g/mol. The Morgan fingerprint density at radius 3 is 2.40 bits per heavy atom. The monoisotopic (exact) mass is 218 g/mol. The van der Waals surface area contributed by atoms with Crippen molar-refractivity contribution in [2.45, 2.75) is 57.3 Å². The Morgan fingerprint density at radius 1 is 1.20 bits per heavy atom. The fourth-order valence-electron chi connectivity index (χ4n) is 2.16. The Morgan fingerprint density at radius 2 is 1.80 bits per heavy atom. The second-order valence-electron chi connectivity index (χ2n) is 4.50. The van der Waals surface area contributed by atoms with Crippen LogP contribution in [0.15, 0.2) is 0 Å². The van der Waals surface area contributed by atoms with E-state index in [2.05, 4.69) is 0 Å². The van der Waals surface area contributed by atoms with E-state index < -0.39 is 18.2 Å². The number of aliphatic hydroxyl groups is 1. The second kappa shape index (κ2) is 3.68. The quantitative estimate of drug-likeness (QED) is 0.684. The number of fused-ring (bicyclic) bond motifs is 1. The van der Waals surface area contributed by atoms with Gasteiger partial charge in [-0.2, -0.15) is 0 Å². The summed E-state index contributed by atoms with van der Waals surface area (Å²) in [5.74, 6) is -0.670. The summed E-state index contributed by atoms with van der Waals surface area (Å²) in [6, 6.07) is 0. The second-order valence-corrected chi connectivity index (χ2v) is 4.50. The van der Waals surface area contributed by atoms with Crippen molar-refractivity contribution in [3.8, 4) is 0 Å². The summed E-state index contributed by atoms with van der Waals surface area (Å²) in [6.45, 7) is 5.54. The molecule has 1 N–H and O–H groups in total. The predicted octanol–water partition coefficient (Wildman–Crippen LogP) is 0.259. The van der Waals surface area contributed by atoms with Gasteiger partial charge in [0.05, 0.1) is 6.10 Å². The molecule has 5 atom stereocenters. The van der Waals surface area contributed by atoms with Crippen LogP contribution in [0.25, 0.3) is 0 Å². The maximum Gasteiger partial charge on any atom is 0.186 e. The zero-order valence-corrected chi connectivity index (χ0v) is 9.47. The zero-order chi connectivity index (χ0) is 11.2. The summed E-state index contributed by atoms with van der Waals surface area (Å²) in [4.78, 5) is 0. The van der Waals surface area contributed by atoms with Crippen LogP contribution in [0.4, 0.5) is 0 Å². The molecular formula is C10H18O5. The van der Waals surface area contributed by atoms with Crippen molar-refractivity contribution in [2.24, 2.45) is 0 Å². The Hall–Kier alpha value is -0.200. The highest BCUT2D eigenvalue weighted by molar-refractivity contribution is 4.94. The fraction of sp³-hybridized carbons (Fsp3) is 1.00. The van der Waals surface area contributed by atoms with Gasteiger partial charge in [-0.05, 0) is 20.8 Å². The lowest BCUT2D eigenvalue weighted by Gasteiger charge is -2.37. The van der Waals surface area contributed by atoms with E-state index in [0.717, 1.165) is 0 Å². The maximum atomic E-state index is 9.93. The number of ether oxygens (including phenoxy) is 4. The summed E-state index contributed by atoms with van der Waals surface area (Å²) in [5.41, 5.74) is 0. The van der Waals surface area contributed by atoms with Crippen molar-refractivity contribution >= 4 is 0 Å². The molecule has 0 saturated carbocycles. The van der Waals surface area contributed by atoms with Crippen molar-refractivity contribution in [2.75, 3.05) is 7.11 Å². The smallest absolute Gasteiger partial charge is 0.186 e. The SMILES string of the molecule is CO[C@H]1O[C@H](C)[C@H]2OC(C)(C)O[C@H]2[C@H]1O. The number of hydrogen-bond acceptors (Lipinski definition) is 5. The van der Waals surface area contributed by atoms with E-state index in [1.165, 1.54) is 7.11 Å². The number of aliphatic hydroxyl groups excluding tert-OH is 1. The highest BCUT2D eigenvalue weighted by atomic mass is 16.8. The molecule has 0 aromatic carbocycles. The molecule has 0 radical (unpaired) electrons. The molecule has 0 unspecified atom stereocenters. The van der Waals surface area contributed by atoms with E-state index in [1.54, 1.807) is 0 Å². The van der Waals surface area contributed by atoms with Crippen molar-refractivity contribution in [3.63, 3.8) is 0 Å². The van der Waals surface area contributed by atoms with Gasteiger partial charge in [0.1, 0.15) is 18.3 Å². The van der Waals surface area contributed by atoms with Gasteiger partial charge in [0.15, 0.2) is 12.1 Å². The summed E-state index contributed by atoms with van der Waals surface area (Å²) < 4.78 is 21.8. The Balaban J connectivity index is 2.16. The van der Waals surface area contributed by atoms with Crippen molar-refractivity contribution < 1.29 is 24.1 Å². The van der Waals surface area contributed by atoms with Gasteiger partial charge >= 0.3 is 0 Å². The molecule has 2 heterocycles. The van der Waals surface area contributed by atoms with Crippen LogP contribution < -0.4 is 0 Å².